The molecule has 94 valence electrons. The molecule has 1 unspecified atom stereocenters. The van der Waals surface area contributed by atoms with Crippen LogP contribution >= 0.6 is 0 Å². The monoisotopic (exact) mass is 237 g/mol. The Balaban J connectivity index is 2.78. The molecule has 0 aliphatic rings. The number of nitrogens with zero attached hydrogens (tertiary/aromatic N) is 2. The summed E-state index contributed by atoms with van der Waals surface area (Å²) >= 11 is 0. The first-order chi connectivity index (χ1) is 7.91. The SMILES string of the molecule is Cc1ncc(N)cc1C(=O)N(C)CCC(C)O. The number of anilines is 1. The van der Waals surface area contributed by atoms with Gasteiger partial charge in [-0.2, -0.15) is 0 Å². The fraction of sp³-hybridized carbons (Fsp3) is 0.500. The van der Waals surface area contributed by atoms with Crippen molar-refractivity contribution in [2.75, 3.05) is 19.3 Å². The van der Waals surface area contributed by atoms with Gasteiger partial charge in [0.15, 0.2) is 0 Å². The number of rotatable bonds is 4. The molecule has 0 aliphatic carbocycles. The maximum atomic E-state index is 12.1. The van der Waals surface area contributed by atoms with Crippen LogP contribution in [0.25, 0.3) is 0 Å². The van der Waals surface area contributed by atoms with E-state index in [4.69, 9.17) is 5.73 Å². The van der Waals surface area contributed by atoms with Crippen molar-refractivity contribution in [2.24, 2.45) is 0 Å². The van der Waals surface area contributed by atoms with Crippen molar-refractivity contribution >= 4 is 11.6 Å². The lowest BCUT2D eigenvalue weighted by atomic mass is 10.1. The highest BCUT2D eigenvalue weighted by Gasteiger charge is 2.15. The van der Waals surface area contributed by atoms with Crippen LogP contribution in [0.5, 0.6) is 0 Å². The van der Waals surface area contributed by atoms with Gasteiger partial charge in [-0.05, 0) is 26.3 Å². The van der Waals surface area contributed by atoms with Crippen LogP contribution in [-0.4, -0.2) is 40.6 Å². The normalized spacial score (nSPS) is 12.2. The van der Waals surface area contributed by atoms with Crippen molar-refractivity contribution in [3.05, 3.63) is 23.5 Å². The Labute approximate surface area is 101 Å². The zero-order valence-corrected chi connectivity index (χ0v) is 10.5. The zero-order valence-electron chi connectivity index (χ0n) is 10.5. The summed E-state index contributed by atoms with van der Waals surface area (Å²) in [5.41, 5.74) is 7.26. The molecule has 1 aromatic heterocycles. The van der Waals surface area contributed by atoms with E-state index in [-0.39, 0.29) is 5.91 Å². The number of pyridine rings is 1. The van der Waals surface area contributed by atoms with Crippen molar-refractivity contribution in [3.63, 3.8) is 0 Å². The van der Waals surface area contributed by atoms with E-state index in [2.05, 4.69) is 4.98 Å². The number of aromatic nitrogens is 1. The van der Waals surface area contributed by atoms with Gasteiger partial charge in [-0.1, -0.05) is 0 Å². The van der Waals surface area contributed by atoms with E-state index < -0.39 is 6.10 Å². The third-order valence-corrected chi connectivity index (χ3v) is 2.57. The van der Waals surface area contributed by atoms with Crippen LogP contribution in [0.4, 0.5) is 5.69 Å². The summed E-state index contributed by atoms with van der Waals surface area (Å²) in [6.07, 6.45) is 1.67. The highest BCUT2D eigenvalue weighted by Crippen LogP contribution is 2.12. The quantitative estimate of drug-likeness (QED) is 0.812. The van der Waals surface area contributed by atoms with Gasteiger partial charge in [0.2, 0.25) is 0 Å². The second kappa shape index (κ2) is 5.63. The van der Waals surface area contributed by atoms with Gasteiger partial charge in [-0.25, -0.2) is 0 Å². The second-order valence-corrected chi connectivity index (χ2v) is 4.27. The molecule has 0 bridgehead atoms. The second-order valence-electron chi connectivity index (χ2n) is 4.27. The number of aliphatic hydroxyl groups is 1. The molecule has 0 radical (unpaired) electrons. The molecule has 5 heteroatoms. The van der Waals surface area contributed by atoms with Gasteiger partial charge in [0, 0.05) is 13.6 Å². The topological polar surface area (TPSA) is 79.5 Å². The van der Waals surface area contributed by atoms with E-state index in [1.807, 2.05) is 0 Å². The summed E-state index contributed by atoms with van der Waals surface area (Å²) in [6, 6.07) is 1.63. The van der Waals surface area contributed by atoms with Crippen molar-refractivity contribution in [1.29, 1.82) is 0 Å². The molecule has 1 amide bonds. The molecule has 1 aromatic rings. The van der Waals surface area contributed by atoms with Crippen LogP contribution in [0, 0.1) is 6.92 Å². The first-order valence-corrected chi connectivity index (χ1v) is 5.57. The smallest absolute Gasteiger partial charge is 0.255 e. The van der Waals surface area contributed by atoms with Crippen molar-refractivity contribution in [1.82, 2.24) is 9.88 Å². The number of hydrogen-bond donors (Lipinski definition) is 2. The Morgan fingerprint density at radius 2 is 2.29 bits per heavy atom. The summed E-state index contributed by atoms with van der Waals surface area (Å²) in [6.45, 7) is 3.98. The molecule has 0 fully saturated rings. The molecule has 1 heterocycles. The number of aliphatic hydroxyl groups excluding tert-OH is 1. The van der Waals surface area contributed by atoms with Gasteiger partial charge in [0.25, 0.3) is 5.91 Å². The molecular weight excluding hydrogens is 218 g/mol. The third kappa shape index (κ3) is 3.71. The van der Waals surface area contributed by atoms with Gasteiger partial charge in [-0.3, -0.25) is 9.78 Å². The molecule has 0 saturated heterocycles. The predicted octanol–water partition coefficient (Wildman–Crippen LogP) is 0.815. The van der Waals surface area contributed by atoms with Gasteiger partial charge >= 0.3 is 0 Å². The van der Waals surface area contributed by atoms with Gasteiger partial charge in [0.1, 0.15) is 0 Å². The number of carbonyl (C=O) groups excluding carboxylic acids is 1. The standard InChI is InChI=1S/C12H19N3O2/c1-8(16)4-5-15(3)12(17)11-6-10(13)7-14-9(11)2/h6-8,16H,4-5,13H2,1-3H3. The fourth-order valence-corrected chi connectivity index (χ4v) is 1.45. The lowest BCUT2D eigenvalue weighted by Gasteiger charge is -2.19. The predicted molar refractivity (Wildman–Crippen MR) is 66.6 cm³/mol. The van der Waals surface area contributed by atoms with Gasteiger partial charge in [0.05, 0.1) is 29.2 Å². The highest BCUT2D eigenvalue weighted by atomic mass is 16.3. The van der Waals surface area contributed by atoms with E-state index in [9.17, 15) is 9.90 Å². The Hall–Kier alpha value is -1.62. The Morgan fingerprint density at radius 3 is 2.88 bits per heavy atom. The van der Waals surface area contributed by atoms with E-state index in [1.54, 1.807) is 31.9 Å². The van der Waals surface area contributed by atoms with Crippen LogP contribution in [-0.2, 0) is 0 Å². The number of aryl methyl sites for hydroxylation is 1. The largest absolute Gasteiger partial charge is 0.397 e. The molecule has 0 saturated carbocycles. The number of nitrogens with two attached hydrogens (primary N) is 1. The van der Waals surface area contributed by atoms with Crippen LogP contribution in [0.3, 0.4) is 0 Å². The minimum absolute atomic E-state index is 0.122. The first-order valence-electron chi connectivity index (χ1n) is 5.57. The average molecular weight is 237 g/mol. The van der Waals surface area contributed by atoms with Gasteiger partial charge in [-0.15, -0.1) is 0 Å². The van der Waals surface area contributed by atoms with Gasteiger partial charge < -0.3 is 15.7 Å². The molecule has 3 N–H and O–H groups in total. The van der Waals surface area contributed by atoms with Crippen molar-refractivity contribution in [2.45, 2.75) is 26.4 Å². The summed E-state index contributed by atoms with van der Waals surface area (Å²) in [5, 5.41) is 9.18. The van der Waals surface area contributed by atoms with E-state index in [0.29, 0.717) is 29.9 Å². The molecule has 1 atom stereocenters. The van der Waals surface area contributed by atoms with Crippen LogP contribution < -0.4 is 5.73 Å². The summed E-state index contributed by atoms with van der Waals surface area (Å²) in [4.78, 5) is 17.7. The van der Waals surface area contributed by atoms with Crippen LogP contribution in [0.2, 0.25) is 0 Å². The Kier molecular flexibility index (Phi) is 4.45. The lowest BCUT2D eigenvalue weighted by molar-refractivity contribution is 0.0768. The molecule has 1 rings (SSSR count). The molecule has 0 spiro atoms. The van der Waals surface area contributed by atoms with Crippen LogP contribution in [0.1, 0.15) is 29.4 Å². The minimum atomic E-state index is -0.412. The zero-order chi connectivity index (χ0) is 13.0. The summed E-state index contributed by atoms with van der Waals surface area (Å²) in [7, 11) is 1.70. The average Bonchev–Trinajstić information content (AvgIpc) is 2.28. The van der Waals surface area contributed by atoms with E-state index in [0.717, 1.165) is 0 Å². The number of carbonyl (C=O) groups is 1. The summed E-state index contributed by atoms with van der Waals surface area (Å²) < 4.78 is 0. The summed E-state index contributed by atoms with van der Waals surface area (Å²) in [5.74, 6) is -0.122. The lowest BCUT2D eigenvalue weighted by Crippen LogP contribution is -2.30. The molecule has 17 heavy (non-hydrogen) atoms. The van der Waals surface area contributed by atoms with Crippen molar-refractivity contribution in [3.8, 4) is 0 Å². The maximum Gasteiger partial charge on any atom is 0.255 e. The van der Waals surface area contributed by atoms with Crippen LogP contribution in [0.15, 0.2) is 12.3 Å². The molecule has 0 aliphatic heterocycles. The Morgan fingerprint density at radius 1 is 1.65 bits per heavy atom. The minimum Gasteiger partial charge on any atom is -0.397 e. The van der Waals surface area contributed by atoms with Crippen molar-refractivity contribution < 1.29 is 9.90 Å². The maximum absolute atomic E-state index is 12.1. The number of nitrogen functional groups attached to an aromatic ring is 1. The Bertz CT molecular complexity index is 405. The number of hydrogen-bond acceptors (Lipinski definition) is 4. The molecule has 0 aromatic carbocycles. The molecular formula is C12H19N3O2. The number of amides is 1. The van der Waals surface area contributed by atoms with E-state index >= 15 is 0 Å². The third-order valence-electron chi connectivity index (χ3n) is 2.57. The first kappa shape index (κ1) is 13.4. The fourth-order valence-electron chi connectivity index (χ4n) is 1.45. The van der Waals surface area contributed by atoms with E-state index in [1.165, 1.54) is 6.20 Å². The highest BCUT2D eigenvalue weighted by molar-refractivity contribution is 5.95. The molecule has 5 nitrogen and oxygen atoms in total.